The number of hydrogen-bond donors (Lipinski definition) is 2. The summed E-state index contributed by atoms with van der Waals surface area (Å²) in [7, 11) is 0. The second-order valence-electron chi connectivity index (χ2n) is 13.4. The van der Waals surface area contributed by atoms with Gasteiger partial charge < -0.3 is 24.7 Å². The molecule has 0 bridgehead atoms. The molecule has 1 fully saturated rings. The molecule has 2 N–H and O–H groups in total. The summed E-state index contributed by atoms with van der Waals surface area (Å²) in [5.41, 5.74) is 1.95. The molecule has 284 valence electrons. The molecule has 56 heavy (non-hydrogen) atoms. The van der Waals surface area contributed by atoms with Crippen LogP contribution in [-0.4, -0.2) is 34.4 Å². The number of aromatic nitrogens is 2. The van der Waals surface area contributed by atoms with Crippen LogP contribution in [0.3, 0.4) is 0 Å². The van der Waals surface area contributed by atoms with Crippen LogP contribution >= 0.6 is 11.6 Å². The number of ketones is 1. The third kappa shape index (κ3) is 9.02. The lowest BCUT2D eigenvalue weighted by atomic mass is 9.99. The molecule has 9 nitrogen and oxygen atoms in total. The standard InChI is InChI=1S/C44H37ClF2N4O5/c45-40-39(19-22-49-43(40)50-41(30-7-3-1-4-8-30)31-9-5-2-6-10-31)56-38-16-11-28(23-36(38)47)24-37(52)35-26-51(27-55-44(54)32-17-20-48-21-18-32)25-34(42(35)53)29-12-14-33(46)15-13-29/h1-16,19,22-23,25-26,32,41,48H,17-18,20-21,24,27H2,(H,49,50). The molecule has 0 atom stereocenters. The number of anilines is 1. The van der Waals surface area contributed by atoms with Gasteiger partial charge in [0, 0.05) is 36.6 Å². The Kier molecular flexibility index (Phi) is 11.9. The molecule has 0 radical (unpaired) electrons. The van der Waals surface area contributed by atoms with Crippen molar-refractivity contribution in [2.45, 2.75) is 32.0 Å². The maximum absolute atomic E-state index is 15.6. The Morgan fingerprint density at radius 3 is 2.21 bits per heavy atom. The molecule has 1 aliphatic heterocycles. The number of halogens is 3. The molecule has 4 aromatic carbocycles. The Balaban J connectivity index is 1.09. The van der Waals surface area contributed by atoms with Crippen molar-refractivity contribution < 1.29 is 27.8 Å². The zero-order valence-corrected chi connectivity index (χ0v) is 30.8. The van der Waals surface area contributed by atoms with E-state index in [0.29, 0.717) is 37.3 Å². The Labute approximate surface area is 326 Å². The number of pyridine rings is 2. The van der Waals surface area contributed by atoms with Gasteiger partial charge in [0.05, 0.1) is 17.5 Å². The Hall–Kier alpha value is -6.17. The number of carbonyl (C=O) groups is 2. The van der Waals surface area contributed by atoms with E-state index < -0.39 is 22.8 Å². The molecule has 0 spiro atoms. The van der Waals surface area contributed by atoms with E-state index in [9.17, 15) is 18.8 Å². The van der Waals surface area contributed by atoms with Gasteiger partial charge in [-0.2, -0.15) is 0 Å². The summed E-state index contributed by atoms with van der Waals surface area (Å²) in [6.45, 7) is 1.17. The number of piperidine rings is 1. The molecule has 2 aromatic heterocycles. The highest BCUT2D eigenvalue weighted by atomic mass is 35.5. The summed E-state index contributed by atoms with van der Waals surface area (Å²) in [5.74, 6) is -2.12. The highest BCUT2D eigenvalue weighted by molar-refractivity contribution is 6.34. The predicted octanol–water partition coefficient (Wildman–Crippen LogP) is 8.76. The van der Waals surface area contributed by atoms with Gasteiger partial charge in [-0.15, -0.1) is 0 Å². The quantitative estimate of drug-likeness (QED) is 0.0886. The maximum Gasteiger partial charge on any atom is 0.310 e. The number of Topliss-reactive ketones (excluding diaryl/α,β-unsaturated/α-hetero) is 1. The zero-order chi connectivity index (χ0) is 39.0. The van der Waals surface area contributed by atoms with Crippen LogP contribution in [-0.2, 0) is 22.7 Å². The van der Waals surface area contributed by atoms with Gasteiger partial charge in [-0.3, -0.25) is 14.4 Å². The van der Waals surface area contributed by atoms with Crippen LogP contribution in [0.2, 0.25) is 5.02 Å². The maximum atomic E-state index is 15.6. The number of esters is 1. The molecule has 6 aromatic rings. The van der Waals surface area contributed by atoms with Crippen LogP contribution < -0.4 is 20.8 Å². The molecule has 0 unspecified atom stereocenters. The summed E-state index contributed by atoms with van der Waals surface area (Å²) in [5, 5.41) is 6.74. The lowest BCUT2D eigenvalue weighted by Crippen LogP contribution is -2.33. The van der Waals surface area contributed by atoms with Gasteiger partial charge in [-0.1, -0.05) is 90.5 Å². The van der Waals surface area contributed by atoms with Crippen molar-refractivity contribution in [3.8, 4) is 22.6 Å². The van der Waals surface area contributed by atoms with Crippen molar-refractivity contribution in [2.24, 2.45) is 5.92 Å². The third-order valence-electron chi connectivity index (χ3n) is 9.54. The Bertz CT molecular complexity index is 2350. The van der Waals surface area contributed by atoms with Crippen molar-refractivity contribution in [1.29, 1.82) is 0 Å². The van der Waals surface area contributed by atoms with Gasteiger partial charge in [0.2, 0.25) is 0 Å². The van der Waals surface area contributed by atoms with Crippen molar-refractivity contribution in [3.05, 3.63) is 177 Å². The average Bonchev–Trinajstić information content (AvgIpc) is 3.22. The molecule has 3 heterocycles. The SMILES string of the molecule is O=C(Cc1ccc(Oc2ccnc(NC(c3ccccc3)c3ccccc3)c2Cl)c(F)c1)c1cn(COC(=O)C2CCNCC2)cc(-c2ccc(F)cc2)c1=O. The minimum atomic E-state index is -0.758. The van der Waals surface area contributed by atoms with Crippen molar-refractivity contribution in [1.82, 2.24) is 14.9 Å². The van der Waals surface area contributed by atoms with Crippen LogP contribution in [0.15, 0.2) is 133 Å². The second-order valence-corrected chi connectivity index (χ2v) is 13.8. The van der Waals surface area contributed by atoms with Crippen molar-refractivity contribution >= 4 is 29.2 Å². The summed E-state index contributed by atoms with van der Waals surface area (Å²) in [6.07, 6.45) is 5.25. The van der Waals surface area contributed by atoms with Crippen LogP contribution in [0.5, 0.6) is 11.5 Å². The smallest absolute Gasteiger partial charge is 0.310 e. The van der Waals surface area contributed by atoms with Crippen LogP contribution in [0.1, 0.15) is 45.9 Å². The fourth-order valence-corrected chi connectivity index (χ4v) is 6.79. The molecular weight excluding hydrogens is 738 g/mol. The number of hydrogen-bond acceptors (Lipinski definition) is 8. The Morgan fingerprint density at radius 1 is 0.875 bits per heavy atom. The number of ether oxygens (including phenoxy) is 2. The second kappa shape index (κ2) is 17.5. The van der Waals surface area contributed by atoms with Crippen molar-refractivity contribution in [3.63, 3.8) is 0 Å². The number of nitrogens with one attached hydrogen (secondary N) is 2. The number of carbonyl (C=O) groups excluding carboxylic acids is 2. The van der Waals surface area contributed by atoms with E-state index in [4.69, 9.17) is 21.1 Å². The fourth-order valence-electron chi connectivity index (χ4n) is 6.58. The highest BCUT2D eigenvalue weighted by Gasteiger charge is 2.24. The summed E-state index contributed by atoms with van der Waals surface area (Å²) in [4.78, 5) is 44.6. The molecule has 1 aliphatic rings. The number of nitrogens with zero attached hydrogens (tertiary/aromatic N) is 2. The molecule has 0 saturated carbocycles. The lowest BCUT2D eigenvalue weighted by molar-refractivity contribution is -0.153. The first-order valence-corrected chi connectivity index (χ1v) is 18.5. The highest BCUT2D eigenvalue weighted by Crippen LogP contribution is 2.37. The monoisotopic (exact) mass is 774 g/mol. The number of benzene rings is 4. The summed E-state index contributed by atoms with van der Waals surface area (Å²) in [6, 6.07) is 30.2. The topological polar surface area (TPSA) is 112 Å². The molecule has 0 aliphatic carbocycles. The first-order chi connectivity index (χ1) is 27.2. The molecule has 12 heteroatoms. The van der Waals surface area contributed by atoms with Crippen LogP contribution in [0, 0.1) is 17.6 Å². The number of rotatable bonds is 13. The predicted molar refractivity (Wildman–Crippen MR) is 210 cm³/mol. The minimum absolute atomic E-state index is 0.116. The first-order valence-electron chi connectivity index (χ1n) is 18.1. The normalized spacial score (nSPS) is 13.0. The van der Waals surface area contributed by atoms with E-state index in [1.165, 1.54) is 65.6 Å². The third-order valence-corrected chi connectivity index (χ3v) is 9.91. The minimum Gasteiger partial charge on any atom is -0.453 e. The van der Waals surface area contributed by atoms with E-state index >= 15 is 4.39 Å². The van der Waals surface area contributed by atoms with Gasteiger partial charge in [-0.05, 0) is 72.5 Å². The molecule has 1 saturated heterocycles. The van der Waals surface area contributed by atoms with Crippen molar-refractivity contribution in [2.75, 3.05) is 18.4 Å². The van der Waals surface area contributed by atoms with Gasteiger partial charge in [-0.25, -0.2) is 13.8 Å². The van der Waals surface area contributed by atoms with E-state index in [-0.39, 0.29) is 64.3 Å². The summed E-state index contributed by atoms with van der Waals surface area (Å²) < 4.78 is 42.3. The van der Waals surface area contributed by atoms with Crippen LogP contribution in [0.4, 0.5) is 14.6 Å². The van der Waals surface area contributed by atoms with Gasteiger partial charge in [0.15, 0.2) is 35.3 Å². The fraction of sp³-hybridized carbons (Fsp3) is 0.182. The van der Waals surface area contributed by atoms with E-state index in [1.807, 2.05) is 60.7 Å². The molecular formula is C44H37ClF2N4O5. The van der Waals surface area contributed by atoms with Gasteiger partial charge in [0.1, 0.15) is 16.7 Å². The van der Waals surface area contributed by atoms with Crippen LogP contribution in [0.25, 0.3) is 11.1 Å². The Morgan fingerprint density at radius 2 is 1.55 bits per heavy atom. The van der Waals surface area contributed by atoms with E-state index in [0.717, 1.165) is 17.2 Å². The van der Waals surface area contributed by atoms with E-state index in [1.54, 1.807) is 0 Å². The zero-order valence-electron chi connectivity index (χ0n) is 30.1. The largest absolute Gasteiger partial charge is 0.453 e. The van der Waals surface area contributed by atoms with Gasteiger partial charge >= 0.3 is 5.97 Å². The lowest BCUT2D eigenvalue weighted by Gasteiger charge is -2.21. The molecule has 7 rings (SSSR count). The van der Waals surface area contributed by atoms with Gasteiger partial charge in [0.25, 0.3) is 0 Å². The average molecular weight is 775 g/mol. The first kappa shape index (κ1) is 38.1. The molecule has 0 amide bonds. The van der Waals surface area contributed by atoms with E-state index in [2.05, 4.69) is 15.6 Å². The summed E-state index contributed by atoms with van der Waals surface area (Å²) >= 11 is 6.77.